The zero-order valence-corrected chi connectivity index (χ0v) is 25.0. The summed E-state index contributed by atoms with van der Waals surface area (Å²) < 4.78 is 59.2. The lowest BCUT2D eigenvalue weighted by Gasteiger charge is -2.13. The number of phenols is 2. The molecule has 0 unspecified atom stereocenters. The lowest BCUT2D eigenvalue weighted by molar-refractivity contribution is 0.406. The maximum absolute atomic E-state index is 14.4. The van der Waals surface area contributed by atoms with Gasteiger partial charge in [-0.3, -0.25) is 4.57 Å². The second-order valence-corrected chi connectivity index (χ2v) is 10.8. The van der Waals surface area contributed by atoms with Crippen LogP contribution in [0.1, 0.15) is 23.7 Å². The molecule has 0 saturated heterocycles. The van der Waals surface area contributed by atoms with Gasteiger partial charge < -0.3 is 14.8 Å². The van der Waals surface area contributed by atoms with Crippen molar-refractivity contribution in [3.63, 3.8) is 0 Å². The number of fused-ring (bicyclic) bond motifs is 2. The molecule has 6 aromatic rings. The first-order valence-electron chi connectivity index (χ1n) is 13.2. The van der Waals surface area contributed by atoms with E-state index in [4.69, 9.17) is 0 Å². The first kappa shape index (κ1) is 30.9. The van der Waals surface area contributed by atoms with E-state index in [1.807, 2.05) is 6.07 Å². The summed E-state index contributed by atoms with van der Waals surface area (Å²) >= 11 is 3.26. The number of para-hydroxylation sites is 2. The number of aromatic nitrogens is 2. The highest BCUT2D eigenvalue weighted by molar-refractivity contribution is 9.10. The summed E-state index contributed by atoms with van der Waals surface area (Å²) in [5.41, 5.74) is 3.07. The smallest absolute Gasteiger partial charge is 0.202 e. The molecule has 11 heteroatoms. The van der Waals surface area contributed by atoms with Crippen LogP contribution >= 0.6 is 15.9 Å². The molecule has 0 spiro atoms. The summed E-state index contributed by atoms with van der Waals surface area (Å²) in [6, 6.07) is 22.9. The standard InChI is InChI=1S/C19H14F2N2O.C15H7BrF2N2O/c1-11(2)9-16-13(10-22)12-5-3-4-6-14(12)23(16)15-7-8-17(24)19(21)18(15)20;16-15-9(7-19)8-3-1-2-4-10(8)20(15)11-5-6-12(21)14(18)13(11)17/h3-8,24H,1,9H2,2H3;1-6,21H. The number of nitriles is 2. The van der Waals surface area contributed by atoms with E-state index in [0.717, 1.165) is 17.7 Å². The van der Waals surface area contributed by atoms with Gasteiger partial charge in [-0.2, -0.15) is 19.3 Å². The molecular weight excluding hydrogens is 652 g/mol. The Bertz CT molecular complexity index is 2240. The van der Waals surface area contributed by atoms with Crippen LogP contribution in [0.3, 0.4) is 0 Å². The van der Waals surface area contributed by atoms with Gasteiger partial charge in [0.05, 0.1) is 33.5 Å². The Morgan fingerprint density at radius 1 is 0.711 bits per heavy atom. The number of allylic oxidation sites excluding steroid dienone is 1. The summed E-state index contributed by atoms with van der Waals surface area (Å²) in [5, 5.41) is 38.7. The lowest BCUT2D eigenvalue weighted by Crippen LogP contribution is -2.05. The molecule has 45 heavy (non-hydrogen) atoms. The lowest BCUT2D eigenvalue weighted by atomic mass is 10.1. The average Bonchev–Trinajstić information content (AvgIpc) is 3.49. The monoisotopic (exact) mass is 672 g/mol. The van der Waals surface area contributed by atoms with E-state index >= 15 is 0 Å². The second-order valence-electron chi connectivity index (χ2n) is 10.0. The number of rotatable bonds is 4. The predicted molar refractivity (Wildman–Crippen MR) is 165 cm³/mol. The average molecular weight is 673 g/mol. The van der Waals surface area contributed by atoms with Crippen LogP contribution in [0.15, 0.2) is 89.6 Å². The molecule has 0 aliphatic rings. The third kappa shape index (κ3) is 5.28. The number of hydrogen-bond donors (Lipinski definition) is 2. The molecule has 224 valence electrons. The Hall–Kier alpha value is -5.52. The maximum Gasteiger partial charge on any atom is 0.202 e. The van der Waals surface area contributed by atoms with Gasteiger partial charge in [-0.1, -0.05) is 48.6 Å². The van der Waals surface area contributed by atoms with Crippen LogP contribution in [0.4, 0.5) is 17.6 Å². The van der Waals surface area contributed by atoms with E-state index in [1.54, 1.807) is 55.5 Å². The number of hydrogen-bond acceptors (Lipinski definition) is 4. The summed E-state index contributed by atoms with van der Waals surface area (Å²) in [4.78, 5) is 0. The van der Waals surface area contributed by atoms with E-state index in [9.17, 15) is 38.3 Å². The van der Waals surface area contributed by atoms with Gasteiger partial charge in [-0.15, -0.1) is 0 Å². The van der Waals surface area contributed by atoms with Crippen molar-refractivity contribution in [1.82, 2.24) is 9.13 Å². The van der Waals surface area contributed by atoms with Gasteiger partial charge in [0, 0.05) is 22.9 Å². The van der Waals surface area contributed by atoms with E-state index < -0.39 is 34.8 Å². The number of nitrogens with zero attached hydrogens (tertiary/aromatic N) is 4. The summed E-state index contributed by atoms with van der Waals surface area (Å²) in [5.74, 6) is -6.50. The van der Waals surface area contributed by atoms with Crippen molar-refractivity contribution in [2.24, 2.45) is 0 Å². The van der Waals surface area contributed by atoms with Gasteiger partial charge in [0.1, 0.15) is 16.7 Å². The Morgan fingerprint density at radius 3 is 1.64 bits per heavy atom. The van der Waals surface area contributed by atoms with E-state index in [1.165, 1.54) is 21.3 Å². The molecule has 0 fully saturated rings. The van der Waals surface area contributed by atoms with E-state index in [0.29, 0.717) is 49.7 Å². The summed E-state index contributed by atoms with van der Waals surface area (Å²) in [7, 11) is 0. The van der Waals surface area contributed by atoms with Crippen molar-refractivity contribution in [2.45, 2.75) is 13.3 Å². The third-order valence-corrected chi connectivity index (χ3v) is 7.80. The molecule has 6 nitrogen and oxygen atoms in total. The number of benzene rings is 4. The quantitative estimate of drug-likeness (QED) is 0.144. The first-order valence-corrected chi connectivity index (χ1v) is 14.0. The molecule has 0 saturated carbocycles. The van der Waals surface area contributed by atoms with Crippen LogP contribution in [0.5, 0.6) is 11.5 Å². The summed E-state index contributed by atoms with van der Waals surface area (Å²) in [6.45, 7) is 5.66. The summed E-state index contributed by atoms with van der Waals surface area (Å²) in [6.07, 6.45) is 0.347. The number of aromatic hydroxyl groups is 2. The van der Waals surface area contributed by atoms with Gasteiger partial charge in [0.15, 0.2) is 23.1 Å². The minimum atomic E-state index is -1.32. The Morgan fingerprint density at radius 2 is 1.16 bits per heavy atom. The van der Waals surface area contributed by atoms with Crippen molar-refractivity contribution in [1.29, 1.82) is 10.5 Å². The highest BCUT2D eigenvalue weighted by Gasteiger charge is 2.23. The van der Waals surface area contributed by atoms with Crippen LogP contribution in [-0.4, -0.2) is 19.3 Å². The third-order valence-electron chi connectivity index (χ3n) is 7.05. The number of halogens is 5. The van der Waals surface area contributed by atoms with Crippen molar-refractivity contribution >= 4 is 37.7 Å². The minimum Gasteiger partial charge on any atom is -0.505 e. The molecule has 6 rings (SSSR count). The van der Waals surface area contributed by atoms with E-state index in [2.05, 4.69) is 28.6 Å². The van der Waals surface area contributed by atoms with Gasteiger partial charge >= 0.3 is 0 Å². The maximum atomic E-state index is 14.4. The molecule has 0 amide bonds. The SMILES string of the molecule is C=C(C)Cc1c(C#N)c2ccccc2n1-c1ccc(O)c(F)c1F.N#Cc1c(Br)n(-c2ccc(O)c(F)c2F)c2ccccc12. The molecule has 2 N–H and O–H groups in total. The molecule has 0 bridgehead atoms. The van der Waals surface area contributed by atoms with Crippen molar-refractivity contribution in [3.05, 3.63) is 130 Å². The molecule has 0 aliphatic heterocycles. The van der Waals surface area contributed by atoms with Gasteiger partial charge in [-0.25, -0.2) is 8.78 Å². The van der Waals surface area contributed by atoms with Crippen LogP contribution in [-0.2, 0) is 6.42 Å². The fraction of sp³-hybridized carbons (Fsp3) is 0.0588. The van der Waals surface area contributed by atoms with Gasteiger partial charge in [-0.05, 0) is 59.3 Å². The van der Waals surface area contributed by atoms with Crippen LogP contribution in [0.2, 0.25) is 0 Å². The Balaban J connectivity index is 0.000000179. The van der Waals surface area contributed by atoms with E-state index in [-0.39, 0.29) is 11.4 Å². The second kappa shape index (κ2) is 12.2. The molecule has 0 aliphatic carbocycles. The highest BCUT2D eigenvalue weighted by atomic mass is 79.9. The number of phenolic OH excluding ortho intramolecular Hbond substituents is 2. The largest absolute Gasteiger partial charge is 0.505 e. The van der Waals surface area contributed by atoms with Crippen molar-refractivity contribution < 1.29 is 27.8 Å². The molecular formula is C34H21BrF4N4O2. The zero-order valence-electron chi connectivity index (χ0n) is 23.4. The van der Waals surface area contributed by atoms with Crippen LogP contribution < -0.4 is 0 Å². The fourth-order valence-corrected chi connectivity index (χ4v) is 5.78. The fourth-order valence-electron chi connectivity index (χ4n) is 5.10. The van der Waals surface area contributed by atoms with Gasteiger partial charge in [0.2, 0.25) is 11.6 Å². The van der Waals surface area contributed by atoms with Crippen LogP contribution in [0.25, 0.3) is 33.2 Å². The zero-order chi connectivity index (χ0) is 32.6. The minimum absolute atomic E-state index is 0.0562. The molecule has 4 aromatic carbocycles. The van der Waals surface area contributed by atoms with Gasteiger partial charge in [0.25, 0.3) is 0 Å². The topological polar surface area (TPSA) is 97.9 Å². The van der Waals surface area contributed by atoms with Crippen molar-refractivity contribution in [3.8, 4) is 35.0 Å². The first-order chi connectivity index (χ1) is 21.5. The molecule has 2 aromatic heterocycles. The Labute approximate surface area is 262 Å². The normalized spacial score (nSPS) is 10.8. The predicted octanol–water partition coefficient (Wildman–Crippen LogP) is 8.85. The Kier molecular flexibility index (Phi) is 8.40. The molecule has 2 heterocycles. The highest BCUT2D eigenvalue weighted by Crippen LogP contribution is 2.36. The molecule has 0 atom stereocenters. The van der Waals surface area contributed by atoms with Crippen LogP contribution in [0, 0.1) is 45.9 Å². The molecule has 0 radical (unpaired) electrons. The van der Waals surface area contributed by atoms with Crippen molar-refractivity contribution in [2.75, 3.05) is 0 Å².